The Morgan fingerprint density at radius 3 is 2.75 bits per heavy atom. The topological polar surface area (TPSA) is 48.1 Å². The molecule has 0 aliphatic carbocycles. The van der Waals surface area contributed by atoms with E-state index in [1.807, 2.05) is 24.3 Å². The zero-order valence-corrected chi connectivity index (χ0v) is 10.5. The van der Waals surface area contributed by atoms with Crippen LogP contribution >= 0.6 is 27.5 Å². The number of hydrogen-bond acceptors (Lipinski definition) is 3. The Balaban J connectivity index is 2.27. The van der Waals surface area contributed by atoms with Gasteiger partial charge in [-0.2, -0.15) is 0 Å². The highest BCUT2D eigenvalue weighted by Crippen LogP contribution is 2.25. The van der Waals surface area contributed by atoms with Gasteiger partial charge in [0.05, 0.1) is 0 Å². The summed E-state index contributed by atoms with van der Waals surface area (Å²) in [5.74, 6) is 1.05. The van der Waals surface area contributed by atoms with Gasteiger partial charge in [0.15, 0.2) is 0 Å². The van der Waals surface area contributed by atoms with Crippen molar-refractivity contribution in [2.75, 3.05) is 5.73 Å². The van der Waals surface area contributed by atoms with Crippen LogP contribution in [0, 0.1) is 0 Å². The van der Waals surface area contributed by atoms with Crippen LogP contribution in [0.3, 0.4) is 0 Å². The van der Waals surface area contributed by atoms with Crippen LogP contribution in [0.15, 0.2) is 40.9 Å². The lowest BCUT2D eigenvalue weighted by atomic mass is 10.3. The molecular weight excluding hydrogens is 291 g/mol. The van der Waals surface area contributed by atoms with Gasteiger partial charge in [0.2, 0.25) is 5.88 Å². The lowest BCUT2D eigenvalue weighted by Crippen LogP contribution is -1.91. The molecule has 2 aromatic rings. The molecule has 0 fully saturated rings. The van der Waals surface area contributed by atoms with Gasteiger partial charge in [-0.3, -0.25) is 0 Å². The molecular formula is C11H8BrClN2O. The van der Waals surface area contributed by atoms with Gasteiger partial charge in [0.25, 0.3) is 0 Å². The van der Waals surface area contributed by atoms with Crippen LogP contribution in [-0.2, 0) is 0 Å². The van der Waals surface area contributed by atoms with Crippen molar-refractivity contribution in [3.8, 4) is 11.6 Å². The first-order chi connectivity index (χ1) is 7.63. The maximum atomic E-state index is 5.77. The summed E-state index contributed by atoms with van der Waals surface area (Å²) in [5.41, 5.74) is 6.15. The van der Waals surface area contributed by atoms with Gasteiger partial charge in [-0.15, -0.1) is 0 Å². The largest absolute Gasteiger partial charge is 0.439 e. The third kappa shape index (κ3) is 2.87. The Kier molecular flexibility index (Phi) is 3.31. The number of ether oxygens (including phenoxy) is 1. The van der Waals surface area contributed by atoms with E-state index < -0.39 is 0 Å². The predicted molar refractivity (Wildman–Crippen MR) is 67.9 cm³/mol. The second-order valence-corrected chi connectivity index (χ2v) is 4.42. The molecule has 5 heteroatoms. The number of rotatable bonds is 2. The lowest BCUT2D eigenvalue weighted by molar-refractivity contribution is 0.463. The molecule has 0 amide bonds. The summed E-state index contributed by atoms with van der Waals surface area (Å²) in [4.78, 5) is 4.01. The molecule has 0 bridgehead atoms. The second-order valence-electron chi connectivity index (χ2n) is 3.12. The average Bonchev–Trinajstić information content (AvgIpc) is 2.15. The van der Waals surface area contributed by atoms with E-state index >= 15 is 0 Å². The molecule has 2 N–H and O–H groups in total. The molecule has 0 aliphatic rings. The molecule has 0 unspecified atom stereocenters. The van der Waals surface area contributed by atoms with E-state index in [1.54, 1.807) is 12.1 Å². The molecule has 1 heterocycles. The van der Waals surface area contributed by atoms with E-state index in [0.29, 0.717) is 22.5 Å². The maximum Gasteiger partial charge on any atom is 0.222 e. The van der Waals surface area contributed by atoms with Gasteiger partial charge in [0, 0.05) is 16.2 Å². The second kappa shape index (κ2) is 4.72. The number of benzene rings is 1. The Labute approximate surface area is 106 Å². The maximum absolute atomic E-state index is 5.77. The summed E-state index contributed by atoms with van der Waals surface area (Å²) in [5, 5.41) is 0.310. The summed E-state index contributed by atoms with van der Waals surface area (Å²) in [6, 6.07) is 10.6. The van der Waals surface area contributed by atoms with E-state index in [2.05, 4.69) is 20.9 Å². The first kappa shape index (κ1) is 11.2. The van der Waals surface area contributed by atoms with Crippen LogP contribution < -0.4 is 10.5 Å². The van der Waals surface area contributed by atoms with Crippen molar-refractivity contribution in [3.05, 3.63) is 46.0 Å². The van der Waals surface area contributed by atoms with Crippen molar-refractivity contribution >= 4 is 33.2 Å². The number of pyridine rings is 1. The van der Waals surface area contributed by atoms with E-state index in [0.717, 1.165) is 4.47 Å². The van der Waals surface area contributed by atoms with Crippen LogP contribution in [-0.4, -0.2) is 4.98 Å². The number of nitrogens with two attached hydrogens (primary N) is 1. The van der Waals surface area contributed by atoms with Gasteiger partial charge >= 0.3 is 0 Å². The Morgan fingerprint density at radius 1 is 1.25 bits per heavy atom. The van der Waals surface area contributed by atoms with Crippen molar-refractivity contribution < 1.29 is 4.74 Å². The van der Waals surface area contributed by atoms with Crippen LogP contribution in [0.4, 0.5) is 5.69 Å². The highest BCUT2D eigenvalue weighted by Gasteiger charge is 2.02. The molecule has 82 valence electrons. The Hall–Kier alpha value is -1.26. The SMILES string of the molecule is Nc1cc(Cl)nc(Oc2cccc(Br)c2)c1. The number of hydrogen-bond donors (Lipinski definition) is 1. The van der Waals surface area contributed by atoms with Gasteiger partial charge in [-0.05, 0) is 24.3 Å². The minimum Gasteiger partial charge on any atom is -0.439 e. The summed E-state index contributed by atoms with van der Waals surface area (Å²) < 4.78 is 6.45. The minimum absolute atomic E-state index is 0.310. The zero-order valence-electron chi connectivity index (χ0n) is 8.15. The third-order valence-electron chi connectivity index (χ3n) is 1.81. The molecule has 0 saturated heterocycles. The van der Waals surface area contributed by atoms with Gasteiger partial charge < -0.3 is 10.5 Å². The molecule has 0 aliphatic heterocycles. The molecule has 3 nitrogen and oxygen atoms in total. The van der Waals surface area contributed by atoms with Gasteiger partial charge in [-0.1, -0.05) is 33.6 Å². The number of halogens is 2. The fraction of sp³-hybridized carbons (Fsp3) is 0. The van der Waals surface area contributed by atoms with Gasteiger partial charge in [-0.25, -0.2) is 4.98 Å². The van der Waals surface area contributed by atoms with E-state index in [4.69, 9.17) is 22.1 Å². The van der Waals surface area contributed by atoms with E-state index in [1.165, 1.54) is 0 Å². The molecule has 2 rings (SSSR count). The molecule has 16 heavy (non-hydrogen) atoms. The van der Waals surface area contributed by atoms with E-state index in [9.17, 15) is 0 Å². The van der Waals surface area contributed by atoms with Crippen molar-refractivity contribution in [1.29, 1.82) is 0 Å². The van der Waals surface area contributed by atoms with Crippen molar-refractivity contribution in [3.63, 3.8) is 0 Å². The van der Waals surface area contributed by atoms with Crippen molar-refractivity contribution in [2.45, 2.75) is 0 Å². The normalized spacial score (nSPS) is 10.1. The molecule has 0 saturated carbocycles. The van der Waals surface area contributed by atoms with Crippen LogP contribution in [0.25, 0.3) is 0 Å². The predicted octanol–water partition coefficient (Wildman–Crippen LogP) is 3.87. The van der Waals surface area contributed by atoms with Crippen molar-refractivity contribution in [2.24, 2.45) is 0 Å². The molecule has 1 aromatic carbocycles. The minimum atomic E-state index is 0.310. The third-order valence-corrected chi connectivity index (χ3v) is 2.50. The monoisotopic (exact) mass is 298 g/mol. The highest BCUT2D eigenvalue weighted by atomic mass is 79.9. The fourth-order valence-electron chi connectivity index (χ4n) is 1.20. The van der Waals surface area contributed by atoms with E-state index in [-0.39, 0.29) is 0 Å². The van der Waals surface area contributed by atoms with Crippen LogP contribution in [0.2, 0.25) is 5.15 Å². The summed E-state index contributed by atoms with van der Waals surface area (Å²) in [6.45, 7) is 0. The number of aromatic nitrogens is 1. The summed E-state index contributed by atoms with van der Waals surface area (Å²) in [6.07, 6.45) is 0. The first-order valence-corrected chi connectivity index (χ1v) is 5.67. The van der Waals surface area contributed by atoms with Crippen LogP contribution in [0.1, 0.15) is 0 Å². The molecule has 1 aromatic heterocycles. The fourth-order valence-corrected chi connectivity index (χ4v) is 1.78. The first-order valence-electron chi connectivity index (χ1n) is 4.50. The standard InChI is InChI=1S/C11H8BrClN2O/c12-7-2-1-3-9(4-7)16-11-6-8(14)5-10(13)15-11/h1-6H,(H2,14,15). The summed E-state index contributed by atoms with van der Waals surface area (Å²) in [7, 11) is 0. The van der Waals surface area contributed by atoms with Gasteiger partial charge in [0.1, 0.15) is 10.9 Å². The summed E-state index contributed by atoms with van der Waals surface area (Å²) >= 11 is 9.12. The Bertz CT molecular complexity index is 499. The van der Waals surface area contributed by atoms with Crippen molar-refractivity contribution in [1.82, 2.24) is 4.98 Å². The van der Waals surface area contributed by atoms with Crippen LogP contribution in [0.5, 0.6) is 11.6 Å². The average molecular weight is 300 g/mol. The highest BCUT2D eigenvalue weighted by molar-refractivity contribution is 9.10. The number of nitrogen functional groups attached to an aromatic ring is 1. The molecule has 0 radical (unpaired) electrons. The number of nitrogens with zero attached hydrogens (tertiary/aromatic N) is 1. The smallest absolute Gasteiger partial charge is 0.222 e. The molecule has 0 spiro atoms. The zero-order chi connectivity index (χ0) is 11.5. The lowest BCUT2D eigenvalue weighted by Gasteiger charge is -2.06. The quantitative estimate of drug-likeness (QED) is 0.856. The molecule has 0 atom stereocenters. The number of anilines is 1. The Morgan fingerprint density at radius 2 is 2.06 bits per heavy atom.